The molecule has 1 saturated heterocycles. The van der Waals surface area contributed by atoms with E-state index in [1.807, 2.05) is 4.90 Å². The maximum absolute atomic E-state index is 12.3. The van der Waals surface area contributed by atoms with E-state index in [9.17, 15) is 4.79 Å². The van der Waals surface area contributed by atoms with Gasteiger partial charge >= 0.3 is 0 Å². The van der Waals surface area contributed by atoms with E-state index in [0.29, 0.717) is 13.0 Å². The van der Waals surface area contributed by atoms with Crippen LogP contribution in [-0.4, -0.2) is 41.4 Å². The van der Waals surface area contributed by atoms with Crippen molar-refractivity contribution in [2.24, 2.45) is 5.73 Å². The molecule has 20 heavy (non-hydrogen) atoms. The van der Waals surface area contributed by atoms with Gasteiger partial charge in [0, 0.05) is 45.2 Å². The molecule has 0 radical (unpaired) electrons. The van der Waals surface area contributed by atoms with Crippen LogP contribution >= 0.6 is 0 Å². The first-order valence-corrected chi connectivity index (χ1v) is 7.56. The summed E-state index contributed by atoms with van der Waals surface area (Å²) in [6.07, 6.45) is 2.85. The number of likely N-dealkylation sites (tertiary alicyclic amines) is 1. The number of carbonyl (C=O) groups is 1. The lowest BCUT2D eigenvalue weighted by molar-refractivity contribution is -0.131. The molecule has 2 heterocycles. The molecule has 1 atom stereocenters. The smallest absolute Gasteiger partial charge is 0.224 e. The predicted octanol–water partition coefficient (Wildman–Crippen LogP) is 1.34. The average Bonchev–Trinajstić information content (AvgIpc) is 3.12. The van der Waals surface area contributed by atoms with Crippen molar-refractivity contribution in [2.75, 3.05) is 19.6 Å². The minimum atomic E-state index is 0.162. The van der Waals surface area contributed by atoms with Gasteiger partial charge in [0.25, 0.3) is 0 Å². The number of rotatable bonds is 4. The molecule has 0 bridgehead atoms. The summed E-state index contributed by atoms with van der Waals surface area (Å²) in [7, 11) is 0. The summed E-state index contributed by atoms with van der Waals surface area (Å²) in [4.78, 5) is 16.6. The Balaban J connectivity index is 1.62. The van der Waals surface area contributed by atoms with Gasteiger partial charge in [-0.2, -0.15) is 0 Å². The van der Waals surface area contributed by atoms with Crippen molar-refractivity contribution < 1.29 is 4.79 Å². The molecule has 1 unspecified atom stereocenters. The van der Waals surface area contributed by atoms with Crippen molar-refractivity contribution in [3.05, 3.63) is 35.4 Å². The van der Waals surface area contributed by atoms with E-state index >= 15 is 0 Å². The topological polar surface area (TPSA) is 49.6 Å². The van der Waals surface area contributed by atoms with Crippen LogP contribution < -0.4 is 5.73 Å². The van der Waals surface area contributed by atoms with Gasteiger partial charge in [0.15, 0.2) is 0 Å². The van der Waals surface area contributed by atoms with Gasteiger partial charge in [-0.15, -0.1) is 0 Å². The quantitative estimate of drug-likeness (QED) is 0.900. The van der Waals surface area contributed by atoms with Crippen LogP contribution in [0.25, 0.3) is 0 Å². The summed E-state index contributed by atoms with van der Waals surface area (Å²) in [5.41, 5.74) is 8.67. The van der Waals surface area contributed by atoms with Gasteiger partial charge in [-0.25, -0.2) is 0 Å². The first-order valence-electron chi connectivity index (χ1n) is 7.56. The van der Waals surface area contributed by atoms with E-state index in [1.165, 1.54) is 11.1 Å². The number of hydrogen-bond donors (Lipinski definition) is 1. The lowest BCUT2D eigenvalue weighted by atomic mass is 10.1. The first kappa shape index (κ1) is 13.6. The molecule has 0 aliphatic carbocycles. The Morgan fingerprint density at radius 1 is 1.15 bits per heavy atom. The van der Waals surface area contributed by atoms with Crippen LogP contribution in [-0.2, 0) is 17.9 Å². The lowest BCUT2D eigenvalue weighted by Crippen LogP contribution is -2.42. The molecule has 1 amide bonds. The zero-order chi connectivity index (χ0) is 13.9. The van der Waals surface area contributed by atoms with Crippen LogP contribution in [0.1, 0.15) is 30.4 Å². The highest BCUT2D eigenvalue weighted by Gasteiger charge is 2.28. The lowest BCUT2D eigenvalue weighted by Gasteiger charge is -2.27. The minimum absolute atomic E-state index is 0.162. The highest BCUT2D eigenvalue weighted by Crippen LogP contribution is 2.25. The molecule has 4 nitrogen and oxygen atoms in total. The van der Waals surface area contributed by atoms with Gasteiger partial charge in [0.2, 0.25) is 5.91 Å². The molecule has 0 aromatic heterocycles. The Morgan fingerprint density at radius 2 is 1.75 bits per heavy atom. The van der Waals surface area contributed by atoms with Crippen molar-refractivity contribution in [3.63, 3.8) is 0 Å². The second-order valence-corrected chi connectivity index (χ2v) is 5.86. The summed E-state index contributed by atoms with van der Waals surface area (Å²) in [5, 5.41) is 0. The van der Waals surface area contributed by atoms with Crippen LogP contribution in [0.2, 0.25) is 0 Å². The largest absolute Gasteiger partial charge is 0.343 e. The third kappa shape index (κ3) is 2.72. The number of amides is 1. The van der Waals surface area contributed by atoms with E-state index in [2.05, 4.69) is 29.2 Å². The Labute approximate surface area is 120 Å². The second-order valence-electron chi connectivity index (χ2n) is 5.86. The maximum Gasteiger partial charge on any atom is 0.224 e. The molecule has 2 aliphatic rings. The SMILES string of the molecule is NCC(CC(=O)N1CCCC1)N1Cc2ccccc2C1. The molecule has 4 heteroatoms. The van der Waals surface area contributed by atoms with Crippen molar-refractivity contribution in [3.8, 4) is 0 Å². The zero-order valence-corrected chi connectivity index (χ0v) is 11.9. The van der Waals surface area contributed by atoms with E-state index in [4.69, 9.17) is 5.73 Å². The Bertz CT molecular complexity index is 457. The van der Waals surface area contributed by atoms with Gasteiger partial charge < -0.3 is 10.6 Å². The van der Waals surface area contributed by atoms with Crippen molar-refractivity contribution in [2.45, 2.75) is 38.4 Å². The number of carbonyl (C=O) groups excluding carboxylic acids is 1. The molecule has 3 rings (SSSR count). The number of benzene rings is 1. The van der Waals surface area contributed by atoms with Gasteiger partial charge in [-0.1, -0.05) is 24.3 Å². The zero-order valence-electron chi connectivity index (χ0n) is 11.9. The van der Waals surface area contributed by atoms with Crippen LogP contribution in [0.5, 0.6) is 0 Å². The van der Waals surface area contributed by atoms with E-state index in [0.717, 1.165) is 39.0 Å². The Hall–Kier alpha value is -1.39. The van der Waals surface area contributed by atoms with E-state index in [1.54, 1.807) is 0 Å². The number of nitrogens with two attached hydrogens (primary N) is 1. The van der Waals surface area contributed by atoms with Crippen molar-refractivity contribution in [1.82, 2.24) is 9.80 Å². The summed E-state index contributed by atoms with van der Waals surface area (Å²) < 4.78 is 0. The fourth-order valence-corrected chi connectivity index (χ4v) is 3.28. The van der Waals surface area contributed by atoms with Gasteiger partial charge in [0.1, 0.15) is 0 Å². The summed E-state index contributed by atoms with van der Waals surface area (Å²) in [6.45, 7) is 4.25. The number of fused-ring (bicyclic) bond motifs is 1. The monoisotopic (exact) mass is 273 g/mol. The summed E-state index contributed by atoms with van der Waals surface area (Å²) >= 11 is 0. The molecule has 2 N–H and O–H groups in total. The van der Waals surface area contributed by atoms with Crippen LogP contribution in [0.3, 0.4) is 0 Å². The Kier molecular flexibility index (Phi) is 4.03. The predicted molar refractivity (Wildman–Crippen MR) is 79.0 cm³/mol. The van der Waals surface area contributed by atoms with E-state index < -0.39 is 0 Å². The molecule has 1 aromatic rings. The molecular formula is C16H23N3O. The standard InChI is InChI=1S/C16H23N3O/c17-10-15(9-16(20)18-7-3-4-8-18)19-11-13-5-1-2-6-14(13)12-19/h1-2,5-6,15H,3-4,7-12,17H2. The molecule has 2 aliphatic heterocycles. The molecule has 1 aromatic carbocycles. The minimum Gasteiger partial charge on any atom is -0.343 e. The molecular weight excluding hydrogens is 250 g/mol. The third-order valence-electron chi connectivity index (χ3n) is 4.52. The van der Waals surface area contributed by atoms with Crippen molar-refractivity contribution in [1.29, 1.82) is 0 Å². The number of hydrogen-bond acceptors (Lipinski definition) is 3. The average molecular weight is 273 g/mol. The third-order valence-corrected chi connectivity index (χ3v) is 4.52. The second kappa shape index (κ2) is 5.94. The van der Waals surface area contributed by atoms with Crippen LogP contribution in [0.4, 0.5) is 0 Å². The van der Waals surface area contributed by atoms with Gasteiger partial charge in [-0.05, 0) is 24.0 Å². The molecule has 1 fully saturated rings. The summed E-state index contributed by atoms with van der Waals surface area (Å²) in [6, 6.07) is 8.66. The van der Waals surface area contributed by atoms with Crippen molar-refractivity contribution >= 4 is 5.91 Å². The first-order chi connectivity index (χ1) is 9.78. The Morgan fingerprint density at radius 3 is 2.30 bits per heavy atom. The molecule has 0 saturated carbocycles. The maximum atomic E-state index is 12.3. The van der Waals surface area contributed by atoms with Crippen LogP contribution in [0.15, 0.2) is 24.3 Å². The fraction of sp³-hybridized carbons (Fsp3) is 0.562. The fourth-order valence-electron chi connectivity index (χ4n) is 3.28. The van der Waals surface area contributed by atoms with Crippen LogP contribution in [0, 0.1) is 0 Å². The normalized spacial score (nSPS) is 20.1. The van der Waals surface area contributed by atoms with Gasteiger partial charge in [-0.3, -0.25) is 9.69 Å². The van der Waals surface area contributed by atoms with Gasteiger partial charge in [0.05, 0.1) is 0 Å². The number of nitrogens with zero attached hydrogens (tertiary/aromatic N) is 2. The molecule has 0 spiro atoms. The molecule has 108 valence electrons. The highest BCUT2D eigenvalue weighted by atomic mass is 16.2. The summed E-state index contributed by atoms with van der Waals surface area (Å²) in [5.74, 6) is 0.272. The van der Waals surface area contributed by atoms with E-state index in [-0.39, 0.29) is 11.9 Å². The highest BCUT2D eigenvalue weighted by molar-refractivity contribution is 5.77.